The summed E-state index contributed by atoms with van der Waals surface area (Å²) in [7, 11) is 0. The van der Waals surface area contributed by atoms with Crippen LogP contribution in [0.25, 0.3) is 150 Å². The van der Waals surface area contributed by atoms with Crippen LogP contribution in [0.2, 0.25) is 0 Å². The van der Waals surface area contributed by atoms with Crippen LogP contribution in [0.15, 0.2) is 279 Å². The van der Waals surface area contributed by atoms with Crippen molar-refractivity contribution in [1.29, 1.82) is 10.5 Å². The second kappa shape index (κ2) is 19.9. The largest absolute Gasteiger partial charge is 0.309 e. The van der Waals surface area contributed by atoms with Crippen molar-refractivity contribution in [2.75, 3.05) is 0 Å². The lowest BCUT2D eigenvalue weighted by Crippen LogP contribution is -2.04. The SMILES string of the molecule is N#Cc1ccc(-c2ccc3c(c2)c2ccccc2n3-c2c(-c3ccc(-n4c5ccccc5c5ccccc54)cc3)cc(-c3nc(-c4ccccc4)nc(-c4ccccc4)n3)cc2-c2ccc(-n3c4ccccc4c4ccccc43)cc2)c(C#N)c1. The highest BCUT2D eigenvalue weighted by atomic mass is 15.0. The molecule has 0 radical (unpaired) electrons. The van der Waals surface area contributed by atoms with E-state index in [1.54, 1.807) is 12.1 Å². The number of fused-ring (bicyclic) bond motifs is 9. The first-order chi connectivity index (χ1) is 42.1. The van der Waals surface area contributed by atoms with Gasteiger partial charge in [0.1, 0.15) is 0 Å². The zero-order valence-electron chi connectivity index (χ0n) is 45.6. The van der Waals surface area contributed by atoms with Gasteiger partial charge >= 0.3 is 0 Å². The van der Waals surface area contributed by atoms with Gasteiger partial charge in [-0.05, 0) is 113 Å². The Kier molecular flexibility index (Phi) is 11.5. The predicted octanol–water partition coefficient (Wildman–Crippen LogP) is 18.9. The number of hydrogen-bond acceptors (Lipinski definition) is 5. The first-order valence-corrected chi connectivity index (χ1v) is 28.3. The molecule has 4 heterocycles. The predicted molar refractivity (Wildman–Crippen MR) is 345 cm³/mol. The van der Waals surface area contributed by atoms with E-state index in [0.29, 0.717) is 28.6 Å². The van der Waals surface area contributed by atoms with E-state index in [4.69, 9.17) is 15.0 Å². The second-order valence-corrected chi connectivity index (χ2v) is 21.4. The smallest absolute Gasteiger partial charge is 0.164 e. The fourth-order valence-corrected chi connectivity index (χ4v) is 12.7. The Morgan fingerprint density at radius 1 is 0.259 bits per heavy atom. The van der Waals surface area contributed by atoms with Crippen LogP contribution in [-0.4, -0.2) is 28.7 Å². The molecule has 0 N–H and O–H groups in total. The van der Waals surface area contributed by atoms with Crippen LogP contribution >= 0.6 is 0 Å². The summed E-state index contributed by atoms with van der Waals surface area (Å²) in [6, 6.07) is 102. The summed E-state index contributed by atoms with van der Waals surface area (Å²) in [5.41, 5.74) is 18.6. The number of aromatic nitrogens is 6. The van der Waals surface area contributed by atoms with Gasteiger partial charge in [-0.3, -0.25) is 0 Å². The Morgan fingerprint density at radius 3 is 1.07 bits per heavy atom. The molecular formula is C77H46N8. The molecule has 0 unspecified atom stereocenters. The molecular weight excluding hydrogens is 1040 g/mol. The van der Waals surface area contributed by atoms with Crippen LogP contribution in [0.1, 0.15) is 11.1 Å². The Labute approximate surface area is 488 Å². The average molecular weight is 1080 g/mol. The van der Waals surface area contributed by atoms with Gasteiger partial charge in [0.15, 0.2) is 17.5 Å². The maximum absolute atomic E-state index is 10.4. The van der Waals surface area contributed by atoms with E-state index in [1.165, 1.54) is 21.5 Å². The van der Waals surface area contributed by atoms with E-state index in [9.17, 15) is 10.5 Å². The number of nitriles is 2. The fraction of sp³-hybridized carbons (Fsp3) is 0. The third kappa shape index (κ3) is 8.08. The minimum Gasteiger partial charge on any atom is -0.309 e. The molecule has 12 aromatic carbocycles. The molecule has 8 nitrogen and oxygen atoms in total. The first kappa shape index (κ1) is 48.9. The Bertz CT molecular complexity index is 5080. The standard InChI is InChI=1S/C77H46N8/c78-47-49-31-41-59(56(43-49)48-79)54-36-42-73-67(44-54)64-25-11-16-30-72(64)85(73)74-65(50-32-37-57(38-33-50)83-68-26-12-7-21-60(68)61-22-8-13-27-69(61)83)45-55(77-81-75(52-17-3-1-4-18-52)80-76(82-77)53-19-5-2-6-20-53)46-66(74)51-34-39-58(40-35-51)84-70-28-14-9-23-62(70)63-24-10-15-29-71(63)84/h1-46H. The highest BCUT2D eigenvalue weighted by Crippen LogP contribution is 2.46. The maximum Gasteiger partial charge on any atom is 0.164 e. The summed E-state index contributed by atoms with van der Waals surface area (Å²) in [6.07, 6.45) is 0. The number of nitrogens with zero attached hydrogens (tertiary/aromatic N) is 8. The molecule has 0 aliphatic heterocycles. The normalized spacial score (nSPS) is 11.5. The van der Waals surface area contributed by atoms with Crippen molar-refractivity contribution in [3.8, 4) is 96.7 Å². The van der Waals surface area contributed by atoms with E-state index in [2.05, 4.69) is 226 Å². The number of hydrogen-bond donors (Lipinski definition) is 0. The quantitative estimate of drug-likeness (QED) is 0.143. The molecule has 16 aromatic rings. The maximum atomic E-state index is 10.4. The van der Waals surface area contributed by atoms with Crippen molar-refractivity contribution in [2.24, 2.45) is 0 Å². The van der Waals surface area contributed by atoms with Crippen LogP contribution < -0.4 is 0 Å². The molecule has 394 valence electrons. The molecule has 0 aliphatic rings. The summed E-state index contributed by atoms with van der Waals surface area (Å²) in [5, 5.41) is 27.1. The molecule has 0 bridgehead atoms. The van der Waals surface area contributed by atoms with Crippen LogP contribution in [0, 0.1) is 22.7 Å². The van der Waals surface area contributed by atoms with E-state index >= 15 is 0 Å². The number of para-hydroxylation sites is 5. The van der Waals surface area contributed by atoms with Crippen molar-refractivity contribution in [2.45, 2.75) is 0 Å². The minimum absolute atomic E-state index is 0.442. The third-order valence-corrected chi connectivity index (χ3v) is 16.6. The summed E-state index contributed by atoms with van der Waals surface area (Å²) in [5.74, 6) is 1.68. The number of benzene rings is 12. The van der Waals surface area contributed by atoms with Crippen molar-refractivity contribution >= 4 is 65.4 Å². The molecule has 0 aliphatic carbocycles. The van der Waals surface area contributed by atoms with Gasteiger partial charge in [-0.2, -0.15) is 10.5 Å². The first-order valence-electron chi connectivity index (χ1n) is 28.3. The Balaban J connectivity index is 0.994. The minimum atomic E-state index is 0.442. The monoisotopic (exact) mass is 1080 g/mol. The van der Waals surface area contributed by atoms with Crippen LogP contribution in [0.3, 0.4) is 0 Å². The highest BCUT2D eigenvalue weighted by Gasteiger charge is 2.25. The van der Waals surface area contributed by atoms with Crippen LogP contribution in [0.5, 0.6) is 0 Å². The van der Waals surface area contributed by atoms with E-state index < -0.39 is 0 Å². The lowest BCUT2D eigenvalue weighted by Gasteiger charge is -2.22. The molecule has 4 aromatic heterocycles. The molecule has 0 saturated carbocycles. The zero-order valence-corrected chi connectivity index (χ0v) is 45.6. The van der Waals surface area contributed by atoms with Crippen molar-refractivity contribution in [3.63, 3.8) is 0 Å². The lowest BCUT2D eigenvalue weighted by molar-refractivity contribution is 1.07. The van der Waals surface area contributed by atoms with Gasteiger partial charge in [-0.15, -0.1) is 0 Å². The fourth-order valence-electron chi connectivity index (χ4n) is 12.7. The summed E-state index contributed by atoms with van der Waals surface area (Å²) in [4.78, 5) is 15.8. The molecule has 8 heteroatoms. The molecule has 0 fully saturated rings. The highest BCUT2D eigenvalue weighted by molar-refractivity contribution is 6.13. The summed E-state index contributed by atoms with van der Waals surface area (Å²) < 4.78 is 7.12. The van der Waals surface area contributed by atoms with Gasteiger partial charge in [0.05, 0.1) is 62.1 Å². The zero-order chi connectivity index (χ0) is 56.5. The second-order valence-electron chi connectivity index (χ2n) is 21.4. The van der Waals surface area contributed by atoms with Gasteiger partial charge in [0.2, 0.25) is 0 Å². The van der Waals surface area contributed by atoms with Gasteiger partial charge in [-0.25, -0.2) is 15.0 Å². The average Bonchev–Trinajstić information content (AvgIpc) is 2.09. The third-order valence-electron chi connectivity index (χ3n) is 16.6. The molecule has 16 rings (SSSR count). The van der Waals surface area contributed by atoms with Crippen LogP contribution in [0.4, 0.5) is 0 Å². The lowest BCUT2D eigenvalue weighted by atomic mass is 9.92. The van der Waals surface area contributed by atoms with E-state index in [-0.39, 0.29) is 0 Å². The van der Waals surface area contributed by atoms with Crippen LogP contribution in [-0.2, 0) is 0 Å². The van der Waals surface area contributed by atoms with E-state index in [1.807, 2.05) is 66.7 Å². The molecule has 0 saturated heterocycles. The summed E-state index contributed by atoms with van der Waals surface area (Å²) >= 11 is 0. The van der Waals surface area contributed by atoms with Crippen molar-refractivity contribution in [1.82, 2.24) is 28.7 Å². The van der Waals surface area contributed by atoms with Gasteiger partial charge in [0.25, 0.3) is 0 Å². The van der Waals surface area contributed by atoms with E-state index in [0.717, 1.165) is 111 Å². The molecule has 0 amide bonds. The molecule has 0 atom stereocenters. The van der Waals surface area contributed by atoms with Gasteiger partial charge in [-0.1, -0.05) is 188 Å². The number of rotatable bonds is 9. The topological polar surface area (TPSA) is 101 Å². The van der Waals surface area contributed by atoms with Crippen molar-refractivity contribution in [3.05, 3.63) is 290 Å². The Morgan fingerprint density at radius 2 is 0.635 bits per heavy atom. The summed E-state index contributed by atoms with van der Waals surface area (Å²) in [6.45, 7) is 0. The van der Waals surface area contributed by atoms with Gasteiger partial charge in [0, 0.05) is 71.5 Å². The van der Waals surface area contributed by atoms with Crippen molar-refractivity contribution < 1.29 is 0 Å². The molecule has 0 spiro atoms. The molecule has 85 heavy (non-hydrogen) atoms. The van der Waals surface area contributed by atoms with Gasteiger partial charge < -0.3 is 13.7 Å². The Hall–Kier alpha value is -12.0.